The summed E-state index contributed by atoms with van der Waals surface area (Å²) in [5, 5.41) is 11.7. The Morgan fingerprint density at radius 1 is 0.950 bits per heavy atom. The van der Waals surface area contributed by atoms with Crippen LogP contribution in [0.2, 0.25) is 0 Å². The molecule has 0 bridgehead atoms. The van der Waals surface area contributed by atoms with Crippen LogP contribution >= 0.6 is 0 Å². The number of rotatable bonds is 2. The highest BCUT2D eigenvalue weighted by Gasteiger charge is 2.16. The van der Waals surface area contributed by atoms with Gasteiger partial charge < -0.3 is 5.11 Å². The maximum absolute atomic E-state index is 10.7. The first-order chi connectivity index (χ1) is 9.66. The highest BCUT2D eigenvalue weighted by atomic mass is 16.3. The summed E-state index contributed by atoms with van der Waals surface area (Å²) in [5.41, 5.74) is 4.29. The monoisotopic (exact) mass is 264 g/mol. The van der Waals surface area contributed by atoms with E-state index >= 15 is 0 Å². The Bertz CT molecular complexity index is 763. The Hall–Kier alpha value is -2.26. The molecule has 20 heavy (non-hydrogen) atoms. The summed E-state index contributed by atoms with van der Waals surface area (Å²) in [4.78, 5) is 8.81. The first-order valence-electron chi connectivity index (χ1n) is 6.62. The Morgan fingerprint density at radius 2 is 1.75 bits per heavy atom. The minimum Gasteiger partial charge on any atom is -0.384 e. The molecule has 2 heterocycles. The van der Waals surface area contributed by atoms with E-state index < -0.39 is 6.10 Å². The third-order valence-electron chi connectivity index (χ3n) is 3.52. The molecule has 100 valence electrons. The number of para-hydroxylation sites is 1. The second kappa shape index (κ2) is 5.02. The molecule has 0 saturated carbocycles. The number of hydrogen-bond donors (Lipinski definition) is 1. The van der Waals surface area contributed by atoms with Crippen molar-refractivity contribution in [3.05, 3.63) is 71.2 Å². The molecule has 1 aromatic carbocycles. The molecule has 0 aliphatic heterocycles. The zero-order valence-electron chi connectivity index (χ0n) is 11.5. The van der Waals surface area contributed by atoms with E-state index in [9.17, 15) is 5.11 Å². The number of fused-ring (bicyclic) bond motifs is 1. The zero-order valence-corrected chi connectivity index (χ0v) is 11.5. The molecule has 3 aromatic rings. The molecule has 0 radical (unpaired) electrons. The molecule has 1 N–H and O–H groups in total. The number of aliphatic hydroxyl groups is 1. The van der Waals surface area contributed by atoms with E-state index in [0.29, 0.717) is 0 Å². The number of aromatic nitrogens is 2. The van der Waals surface area contributed by atoms with Crippen LogP contribution < -0.4 is 0 Å². The van der Waals surface area contributed by atoms with Crippen molar-refractivity contribution in [1.82, 2.24) is 9.97 Å². The van der Waals surface area contributed by atoms with Crippen LogP contribution in [-0.2, 0) is 0 Å². The minimum absolute atomic E-state index is 0.707. The van der Waals surface area contributed by atoms with Crippen molar-refractivity contribution < 1.29 is 5.11 Å². The molecule has 1 unspecified atom stereocenters. The van der Waals surface area contributed by atoms with Crippen molar-refractivity contribution in [1.29, 1.82) is 0 Å². The van der Waals surface area contributed by atoms with Crippen LogP contribution in [0, 0.1) is 13.8 Å². The van der Waals surface area contributed by atoms with Gasteiger partial charge in [0.15, 0.2) is 0 Å². The first kappa shape index (κ1) is 12.8. The Kier molecular flexibility index (Phi) is 3.20. The lowest BCUT2D eigenvalue weighted by Gasteiger charge is -2.15. The van der Waals surface area contributed by atoms with Gasteiger partial charge >= 0.3 is 0 Å². The van der Waals surface area contributed by atoms with Crippen molar-refractivity contribution in [3.8, 4) is 0 Å². The van der Waals surface area contributed by atoms with Gasteiger partial charge in [0, 0.05) is 34.1 Å². The second-order valence-electron chi connectivity index (χ2n) is 4.95. The van der Waals surface area contributed by atoms with E-state index in [0.717, 1.165) is 33.4 Å². The van der Waals surface area contributed by atoms with Gasteiger partial charge in [0.2, 0.25) is 0 Å². The van der Waals surface area contributed by atoms with E-state index in [1.807, 2.05) is 56.3 Å². The third kappa shape index (κ3) is 2.17. The Morgan fingerprint density at radius 3 is 2.55 bits per heavy atom. The quantitative estimate of drug-likeness (QED) is 0.772. The molecule has 0 aliphatic carbocycles. The van der Waals surface area contributed by atoms with Crippen LogP contribution in [0.25, 0.3) is 10.9 Å². The third-order valence-corrected chi connectivity index (χ3v) is 3.52. The average molecular weight is 264 g/mol. The molecule has 2 aromatic heterocycles. The largest absolute Gasteiger partial charge is 0.384 e. The summed E-state index contributed by atoms with van der Waals surface area (Å²) >= 11 is 0. The fourth-order valence-corrected chi connectivity index (χ4v) is 2.50. The molecular formula is C17H16N2O. The van der Waals surface area contributed by atoms with Crippen molar-refractivity contribution in [2.45, 2.75) is 20.0 Å². The van der Waals surface area contributed by atoms with E-state index in [1.54, 1.807) is 6.20 Å². The molecule has 0 aliphatic rings. The van der Waals surface area contributed by atoms with Crippen LogP contribution in [-0.4, -0.2) is 15.1 Å². The number of aliphatic hydroxyl groups excluding tert-OH is 1. The van der Waals surface area contributed by atoms with Gasteiger partial charge in [0.1, 0.15) is 6.10 Å². The maximum atomic E-state index is 10.7. The smallest absolute Gasteiger partial charge is 0.108 e. The maximum Gasteiger partial charge on any atom is 0.108 e. The summed E-state index contributed by atoms with van der Waals surface area (Å²) in [5.74, 6) is 0. The highest BCUT2D eigenvalue weighted by Crippen LogP contribution is 2.28. The molecule has 3 rings (SSSR count). The summed E-state index contributed by atoms with van der Waals surface area (Å²) in [6, 6.07) is 13.6. The zero-order chi connectivity index (χ0) is 14.1. The summed E-state index contributed by atoms with van der Waals surface area (Å²) in [6.45, 7) is 3.87. The Balaban J connectivity index is 2.15. The summed E-state index contributed by atoms with van der Waals surface area (Å²) < 4.78 is 0. The normalized spacial score (nSPS) is 12.6. The van der Waals surface area contributed by atoms with Crippen LogP contribution in [0.1, 0.15) is 28.6 Å². The minimum atomic E-state index is -0.707. The first-order valence-corrected chi connectivity index (χ1v) is 6.62. The van der Waals surface area contributed by atoms with Crippen LogP contribution in [0.4, 0.5) is 0 Å². The van der Waals surface area contributed by atoms with Crippen molar-refractivity contribution in [3.63, 3.8) is 0 Å². The molecule has 1 atom stereocenters. The summed E-state index contributed by atoms with van der Waals surface area (Å²) in [7, 11) is 0. The predicted octanol–water partition coefficient (Wildman–Crippen LogP) is 3.33. The van der Waals surface area contributed by atoms with Crippen LogP contribution in [0.3, 0.4) is 0 Å². The van der Waals surface area contributed by atoms with Gasteiger partial charge in [0.05, 0.1) is 5.52 Å². The van der Waals surface area contributed by atoms with Gasteiger partial charge in [-0.2, -0.15) is 0 Å². The average Bonchev–Trinajstić information content (AvgIpc) is 2.46. The van der Waals surface area contributed by atoms with Gasteiger partial charge in [-0.25, -0.2) is 0 Å². The highest BCUT2D eigenvalue weighted by molar-refractivity contribution is 5.82. The van der Waals surface area contributed by atoms with E-state index in [2.05, 4.69) is 9.97 Å². The molecule has 0 spiro atoms. The van der Waals surface area contributed by atoms with Crippen LogP contribution in [0.5, 0.6) is 0 Å². The second-order valence-corrected chi connectivity index (χ2v) is 4.95. The number of nitrogens with zero attached hydrogens (tertiary/aromatic N) is 2. The molecule has 0 amide bonds. The molecule has 3 heteroatoms. The standard InChI is InChI=1S/C17H16N2O/c1-11-8-9-14(12(2)19-11)17(20)15-7-3-5-13-6-4-10-18-16(13)15/h3-10,17,20H,1-2H3. The number of benzene rings is 1. The predicted molar refractivity (Wildman–Crippen MR) is 79.5 cm³/mol. The SMILES string of the molecule is Cc1ccc(C(O)c2cccc3cccnc23)c(C)n1. The fraction of sp³-hybridized carbons (Fsp3) is 0.176. The Labute approximate surface area is 117 Å². The number of pyridine rings is 2. The lowest BCUT2D eigenvalue weighted by atomic mass is 9.98. The molecule has 0 saturated heterocycles. The van der Waals surface area contributed by atoms with Gasteiger partial charge in [-0.1, -0.05) is 30.3 Å². The lowest BCUT2D eigenvalue weighted by Crippen LogP contribution is -2.05. The van der Waals surface area contributed by atoms with E-state index in [-0.39, 0.29) is 0 Å². The topological polar surface area (TPSA) is 46.0 Å². The van der Waals surface area contributed by atoms with E-state index in [1.165, 1.54) is 0 Å². The van der Waals surface area contributed by atoms with Crippen molar-refractivity contribution in [2.75, 3.05) is 0 Å². The van der Waals surface area contributed by atoms with Crippen molar-refractivity contribution in [2.24, 2.45) is 0 Å². The van der Waals surface area contributed by atoms with Gasteiger partial charge in [0.25, 0.3) is 0 Å². The number of aryl methyl sites for hydroxylation is 2. The fourth-order valence-electron chi connectivity index (χ4n) is 2.50. The molecule has 3 nitrogen and oxygen atoms in total. The molecular weight excluding hydrogens is 248 g/mol. The van der Waals surface area contributed by atoms with Crippen molar-refractivity contribution >= 4 is 10.9 Å². The summed E-state index contributed by atoms with van der Waals surface area (Å²) in [6.07, 6.45) is 1.04. The molecule has 0 fully saturated rings. The van der Waals surface area contributed by atoms with Crippen LogP contribution in [0.15, 0.2) is 48.7 Å². The van der Waals surface area contributed by atoms with Gasteiger partial charge in [-0.3, -0.25) is 9.97 Å². The van der Waals surface area contributed by atoms with E-state index in [4.69, 9.17) is 0 Å². The lowest BCUT2D eigenvalue weighted by molar-refractivity contribution is 0.220. The van der Waals surface area contributed by atoms with Gasteiger partial charge in [-0.05, 0) is 26.0 Å². The van der Waals surface area contributed by atoms with Gasteiger partial charge in [-0.15, -0.1) is 0 Å². The number of hydrogen-bond acceptors (Lipinski definition) is 3.